The van der Waals surface area contributed by atoms with Crippen LogP contribution in [0.25, 0.3) is 0 Å². The van der Waals surface area contributed by atoms with Gasteiger partial charge in [0.1, 0.15) is 17.7 Å². The molecule has 0 aliphatic heterocycles. The molecule has 114 valence electrons. The molecule has 1 aromatic carbocycles. The fraction of sp³-hybridized carbons (Fsp3) is 0.333. The molecular weight excluding hydrogens is 280 g/mol. The van der Waals surface area contributed by atoms with E-state index in [2.05, 4.69) is 11.9 Å². The average molecular weight is 297 g/mol. The van der Waals surface area contributed by atoms with Gasteiger partial charge in [0.25, 0.3) is 0 Å². The molecule has 0 saturated carbocycles. The number of unbranched alkanes of at least 4 members (excludes halogenated alkanes) is 1. The molecule has 1 atom stereocenters. The van der Waals surface area contributed by atoms with Crippen LogP contribution in [0.1, 0.15) is 24.8 Å². The summed E-state index contributed by atoms with van der Waals surface area (Å²) in [5.74, 6) is -3.29. The highest BCUT2D eigenvalue weighted by Gasteiger charge is 2.19. The summed E-state index contributed by atoms with van der Waals surface area (Å²) in [7, 11) is 0. The molecule has 6 heteroatoms. The molecule has 21 heavy (non-hydrogen) atoms. The Morgan fingerprint density at radius 2 is 1.90 bits per heavy atom. The summed E-state index contributed by atoms with van der Waals surface area (Å²) in [6.07, 6.45) is 2.88. The maximum atomic E-state index is 13.0. The first-order valence-electron chi connectivity index (χ1n) is 6.50. The first kappa shape index (κ1) is 16.8. The Hall–Kier alpha value is -2.24. The van der Waals surface area contributed by atoms with Crippen molar-refractivity contribution >= 4 is 11.9 Å². The SMILES string of the molecule is C=CCCC[C@@H](NC(=O)Cc1cc(F)cc(F)c1)C(=O)O. The van der Waals surface area contributed by atoms with E-state index in [0.29, 0.717) is 18.9 Å². The van der Waals surface area contributed by atoms with Crippen LogP contribution in [-0.2, 0) is 16.0 Å². The quantitative estimate of drug-likeness (QED) is 0.572. The number of carbonyl (C=O) groups is 2. The van der Waals surface area contributed by atoms with Crippen LogP contribution < -0.4 is 5.32 Å². The van der Waals surface area contributed by atoms with E-state index in [1.54, 1.807) is 6.08 Å². The third-order valence-corrected chi connectivity index (χ3v) is 2.82. The molecule has 0 fully saturated rings. The Morgan fingerprint density at radius 1 is 1.29 bits per heavy atom. The van der Waals surface area contributed by atoms with Crippen LogP contribution in [0.3, 0.4) is 0 Å². The fourth-order valence-corrected chi connectivity index (χ4v) is 1.87. The van der Waals surface area contributed by atoms with Gasteiger partial charge in [0.15, 0.2) is 0 Å². The van der Waals surface area contributed by atoms with Gasteiger partial charge >= 0.3 is 5.97 Å². The molecule has 4 nitrogen and oxygen atoms in total. The number of nitrogens with one attached hydrogen (secondary N) is 1. The summed E-state index contributed by atoms with van der Waals surface area (Å²) in [5.41, 5.74) is 0.153. The van der Waals surface area contributed by atoms with Crippen molar-refractivity contribution in [3.8, 4) is 0 Å². The lowest BCUT2D eigenvalue weighted by Crippen LogP contribution is -2.41. The monoisotopic (exact) mass is 297 g/mol. The summed E-state index contributed by atoms with van der Waals surface area (Å²) in [5, 5.41) is 11.4. The number of aliphatic carboxylic acids is 1. The van der Waals surface area contributed by atoms with Crippen LogP contribution in [0.15, 0.2) is 30.9 Å². The molecule has 0 aliphatic carbocycles. The minimum absolute atomic E-state index is 0.153. The van der Waals surface area contributed by atoms with E-state index >= 15 is 0 Å². The standard InChI is InChI=1S/C15H17F2NO3/c1-2-3-4-5-13(15(20)21)18-14(19)8-10-6-11(16)9-12(17)7-10/h2,6-7,9,13H,1,3-5,8H2,(H,18,19)(H,20,21)/t13-/m1/s1. The van der Waals surface area contributed by atoms with E-state index in [0.717, 1.165) is 12.1 Å². The van der Waals surface area contributed by atoms with Crippen molar-refractivity contribution in [2.75, 3.05) is 0 Å². The number of carboxylic acids is 1. The molecule has 1 rings (SSSR count). The highest BCUT2D eigenvalue weighted by Crippen LogP contribution is 2.09. The van der Waals surface area contributed by atoms with E-state index in [1.165, 1.54) is 0 Å². The van der Waals surface area contributed by atoms with Gasteiger partial charge in [-0.3, -0.25) is 4.79 Å². The Morgan fingerprint density at radius 3 is 2.43 bits per heavy atom. The van der Waals surface area contributed by atoms with Crippen molar-refractivity contribution in [2.45, 2.75) is 31.7 Å². The Labute approximate surface area is 121 Å². The lowest BCUT2D eigenvalue weighted by atomic mass is 10.1. The van der Waals surface area contributed by atoms with Crippen molar-refractivity contribution < 1.29 is 23.5 Å². The van der Waals surface area contributed by atoms with Gasteiger partial charge in [-0.1, -0.05) is 6.08 Å². The van der Waals surface area contributed by atoms with Crippen LogP contribution in [0.5, 0.6) is 0 Å². The number of benzene rings is 1. The number of halogens is 2. The molecule has 0 spiro atoms. The lowest BCUT2D eigenvalue weighted by Gasteiger charge is -2.14. The van der Waals surface area contributed by atoms with Gasteiger partial charge in [0.2, 0.25) is 5.91 Å². The van der Waals surface area contributed by atoms with Crippen LogP contribution >= 0.6 is 0 Å². The highest BCUT2D eigenvalue weighted by atomic mass is 19.1. The number of hydrogen-bond donors (Lipinski definition) is 2. The highest BCUT2D eigenvalue weighted by molar-refractivity contribution is 5.84. The molecule has 0 aliphatic rings. The minimum atomic E-state index is -1.14. The molecule has 0 radical (unpaired) electrons. The van der Waals surface area contributed by atoms with E-state index < -0.39 is 29.6 Å². The summed E-state index contributed by atoms with van der Waals surface area (Å²) >= 11 is 0. The van der Waals surface area contributed by atoms with Gasteiger partial charge in [-0.25, -0.2) is 13.6 Å². The zero-order valence-electron chi connectivity index (χ0n) is 11.4. The molecule has 1 amide bonds. The second kappa shape index (κ2) is 8.14. The minimum Gasteiger partial charge on any atom is -0.480 e. The third-order valence-electron chi connectivity index (χ3n) is 2.82. The number of carbonyl (C=O) groups excluding carboxylic acids is 1. The van der Waals surface area contributed by atoms with Gasteiger partial charge in [-0.15, -0.1) is 6.58 Å². The van der Waals surface area contributed by atoms with Crippen LogP contribution in [0.2, 0.25) is 0 Å². The average Bonchev–Trinajstić information content (AvgIpc) is 2.36. The van der Waals surface area contributed by atoms with Crippen LogP contribution in [-0.4, -0.2) is 23.0 Å². The van der Waals surface area contributed by atoms with Crippen LogP contribution in [0, 0.1) is 11.6 Å². The summed E-state index contributed by atoms with van der Waals surface area (Å²) in [6.45, 7) is 3.53. The summed E-state index contributed by atoms with van der Waals surface area (Å²) < 4.78 is 26.0. The molecule has 0 aromatic heterocycles. The second-order valence-electron chi connectivity index (χ2n) is 4.63. The first-order valence-corrected chi connectivity index (χ1v) is 6.50. The molecule has 0 heterocycles. The second-order valence-corrected chi connectivity index (χ2v) is 4.63. The summed E-state index contributed by atoms with van der Waals surface area (Å²) in [6, 6.07) is 1.76. The van der Waals surface area contributed by atoms with Crippen molar-refractivity contribution in [1.82, 2.24) is 5.32 Å². The van der Waals surface area contributed by atoms with Crippen molar-refractivity contribution in [3.05, 3.63) is 48.1 Å². The van der Waals surface area contributed by atoms with E-state index in [9.17, 15) is 18.4 Å². The number of amides is 1. The molecule has 0 unspecified atom stereocenters. The van der Waals surface area contributed by atoms with Gasteiger partial charge < -0.3 is 10.4 Å². The number of allylic oxidation sites excluding steroid dienone is 1. The maximum absolute atomic E-state index is 13.0. The van der Waals surface area contributed by atoms with Crippen molar-refractivity contribution in [1.29, 1.82) is 0 Å². The molecular formula is C15H17F2NO3. The zero-order chi connectivity index (χ0) is 15.8. The Balaban J connectivity index is 2.60. The molecule has 1 aromatic rings. The van der Waals surface area contributed by atoms with E-state index in [4.69, 9.17) is 5.11 Å². The number of rotatable bonds is 8. The summed E-state index contributed by atoms with van der Waals surface area (Å²) in [4.78, 5) is 22.8. The lowest BCUT2D eigenvalue weighted by molar-refractivity contribution is -0.141. The van der Waals surface area contributed by atoms with Crippen LogP contribution in [0.4, 0.5) is 8.78 Å². The van der Waals surface area contributed by atoms with E-state index in [1.807, 2.05) is 0 Å². The van der Waals surface area contributed by atoms with Gasteiger partial charge in [0.05, 0.1) is 6.42 Å². The molecule has 0 bridgehead atoms. The zero-order valence-corrected chi connectivity index (χ0v) is 11.4. The largest absolute Gasteiger partial charge is 0.480 e. The maximum Gasteiger partial charge on any atom is 0.326 e. The molecule has 2 N–H and O–H groups in total. The van der Waals surface area contributed by atoms with Crippen molar-refractivity contribution in [2.24, 2.45) is 0 Å². The number of hydrogen-bond acceptors (Lipinski definition) is 2. The predicted molar refractivity (Wildman–Crippen MR) is 73.7 cm³/mol. The normalized spacial score (nSPS) is 11.7. The Kier molecular flexibility index (Phi) is 6.52. The predicted octanol–water partition coefficient (Wildman–Crippen LogP) is 2.43. The van der Waals surface area contributed by atoms with E-state index in [-0.39, 0.29) is 18.4 Å². The van der Waals surface area contributed by atoms with Crippen molar-refractivity contribution in [3.63, 3.8) is 0 Å². The van der Waals surface area contributed by atoms with Gasteiger partial charge in [-0.2, -0.15) is 0 Å². The number of carboxylic acid groups (broad SMARTS) is 1. The third kappa shape index (κ3) is 6.16. The first-order chi connectivity index (χ1) is 9.92. The topological polar surface area (TPSA) is 66.4 Å². The fourth-order valence-electron chi connectivity index (χ4n) is 1.87. The Bertz CT molecular complexity index is 511. The molecule has 0 saturated heterocycles. The smallest absolute Gasteiger partial charge is 0.326 e. The van der Waals surface area contributed by atoms with Gasteiger partial charge in [0, 0.05) is 6.07 Å². The van der Waals surface area contributed by atoms with Gasteiger partial charge in [-0.05, 0) is 37.0 Å².